The fourth-order valence-electron chi connectivity index (χ4n) is 2.86. The van der Waals surface area contributed by atoms with Crippen LogP contribution >= 0.6 is 0 Å². The predicted molar refractivity (Wildman–Crippen MR) is 97.0 cm³/mol. The first-order chi connectivity index (χ1) is 11.6. The SMILES string of the molecule is COc1cc(CN[C@@H](c2ccccc2)C(C)C)cc(OC)c1OC. The molecule has 130 valence electrons. The molecule has 0 radical (unpaired) electrons. The zero-order chi connectivity index (χ0) is 17.5. The van der Waals surface area contributed by atoms with E-state index in [4.69, 9.17) is 14.2 Å². The Labute approximate surface area is 144 Å². The van der Waals surface area contributed by atoms with Crippen LogP contribution in [0, 0.1) is 5.92 Å². The number of benzene rings is 2. The Morgan fingerprint density at radius 3 is 1.92 bits per heavy atom. The van der Waals surface area contributed by atoms with Gasteiger partial charge in [-0.05, 0) is 29.2 Å². The first-order valence-corrected chi connectivity index (χ1v) is 8.17. The summed E-state index contributed by atoms with van der Waals surface area (Å²) in [6, 6.07) is 14.8. The number of ether oxygens (including phenoxy) is 3. The number of hydrogen-bond donors (Lipinski definition) is 1. The molecule has 1 N–H and O–H groups in total. The van der Waals surface area contributed by atoms with Crippen molar-refractivity contribution in [3.05, 3.63) is 53.6 Å². The lowest BCUT2D eigenvalue weighted by Gasteiger charge is -2.23. The van der Waals surface area contributed by atoms with Gasteiger partial charge in [-0.3, -0.25) is 0 Å². The maximum atomic E-state index is 5.43. The Bertz CT molecular complexity index is 616. The summed E-state index contributed by atoms with van der Waals surface area (Å²) in [6.45, 7) is 5.16. The largest absolute Gasteiger partial charge is 0.493 e. The maximum Gasteiger partial charge on any atom is 0.203 e. The van der Waals surface area contributed by atoms with Crippen LogP contribution in [0.4, 0.5) is 0 Å². The van der Waals surface area contributed by atoms with Crippen LogP contribution in [0.2, 0.25) is 0 Å². The average molecular weight is 329 g/mol. The van der Waals surface area contributed by atoms with Gasteiger partial charge in [0.15, 0.2) is 11.5 Å². The van der Waals surface area contributed by atoms with Crippen molar-refractivity contribution in [3.63, 3.8) is 0 Å². The van der Waals surface area contributed by atoms with Gasteiger partial charge in [0.2, 0.25) is 5.75 Å². The van der Waals surface area contributed by atoms with Crippen molar-refractivity contribution in [2.24, 2.45) is 5.92 Å². The molecule has 0 saturated carbocycles. The summed E-state index contributed by atoms with van der Waals surface area (Å²) in [7, 11) is 4.88. The molecule has 2 aromatic rings. The fraction of sp³-hybridized carbons (Fsp3) is 0.400. The van der Waals surface area contributed by atoms with Crippen molar-refractivity contribution in [3.8, 4) is 17.2 Å². The molecule has 2 aromatic carbocycles. The van der Waals surface area contributed by atoms with Crippen molar-refractivity contribution in [2.75, 3.05) is 21.3 Å². The van der Waals surface area contributed by atoms with E-state index in [9.17, 15) is 0 Å². The first kappa shape index (κ1) is 18.1. The molecule has 0 unspecified atom stereocenters. The summed E-state index contributed by atoms with van der Waals surface area (Å²) < 4.78 is 16.2. The summed E-state index contributed by atoms with van der Waals surface area (Å²) in [6.07, 6.45) is 0. The summed E-state index contributed by atoms with van der Waals surface area (Å²) in [5.41, 5.74) is 2.38. The molecule has 0 bridgehead atoms. The zero-order valence-corrected chi connectivity index (χ0v) is 15.1. The molecule has 1 atom stereocenters. The Morgan fingerprint density at radius 2 is 1.46 bits per heavy atom. The van der Waals surface area contributed by atoms with E-state index in [1.54, 1.807) is 21.3 Å². The van der Waals surface area contributed by atoms with Gasteiger partial charge in [-0.1, -0.05) is 44.2 Å². The Morgan fingerprint density at radius 1 is 0.875 bits per heavy atom. The third-order valence-corrected chi connectivity index (χ3v) is 4.08. The van der Waals surface area contributed by atoms with Gasteiger partial charge < -0.3 is 19.5 Å². The quantitative estimate of drug-likeness (QED) is 0.788. The molecule has 0 amide bonds. The van der Waals surface area contributed by atoms with Crippen LogP contribution in [0.3, 0.4) is 0 Å². The lowest BCUT2D eigenvalue weighted by Crippen LogP contribution is -2.25. The van der Waals surface area contributed by atoms with Gasteiger partial charge in [0.1, 0.15) is 0 Å². The molecular weight excluding hydrogens is 302 g/mol. The molecule has 0 aromatic heterocycles. The van der Waals surface area contributed by atoms with E-state index in [0.29, 0.717) is 29.7 Å². The summed E-state index contributed by atoms with van der Waals surface area (Å²) >= 11 is 0. The number of rotatable bonds is 8. The summed E-state index contributed by atoms with van der Waals surface area (Å²) in [5, 5.41) is 3.64. The van der Waals surface area contributed by atoms with Crippen molar-refractivity contribution < 1.29 is 14.2 Å². The average Bonchev–Trinajstić information content (AvgIpc) is 2.61. The minimum atomic E-state index is 0.283. The molecular formula is C20H27NO3. The van der Waals surface area contributed by atoms with E-state index < -0.39 is 0 Å². The molecule has 0 saturated heterocycles. The Kier molecular flexibility index (Phi) is 6.50. The molecule has 0 fully saturated rings. The van der Waals surface area contributed by atoms with Gasteiger partial charge in [-0.2, -0.15) is 0 Å². The van der Waals surface area contributed by atoms with Crippen molar-refractivity contribution >= 4 is 0 Å². The second-order valence-corrected chi connectivity index (χ2v) is 6.05. The van der Waals surface area contributed by atoms with Crippen LogP contribution in [-0.4, -0.2) is 21.3 Å². The van der Waals surface area contributed by atoms with Crippen molar-refractivity contribution in [2.45, 2.75) is 26.4 Å². The highest BCUT2D eigenvalue weighted by atomic mass is 16.5. The maximum absolute atomic E-state index is 5.43. The van der Waals surface area contributed by atoms with Gasteiger partial charge >= 0.3 is 0 Å². The number of hydrogen-bond acceptors (Lipinski definition) is 4. The highest BCUT2D eigenvalue weighted by Gasteiger charge is 2.17. The van der Waals surface area contributed by atoms with E-state index in [1.165, 1.54) is 5.56 Å². The molecule has 2 rings (SSSR count). The number of nitrogens with one attached hydrogen (secondary N) is 1. The first-order valence-electron chi connectivity index (χ1n) is 8.17. The van der Waals surface area contributed by atoms with Crippen LogP contribution in [0.5, 0.6) is 17.2 Å². The zero-order valence-electron chi connectivity index (χ0n) is 15.1. The standard InChI is InChI=1S/C20H27NO3/c1-14(2)19(16-9-7-6-8-10-16)21-13-15-11-17(22-3)20(24-5)18(12-15)23-4/h6-12,14,19,21H,13H2,1-5H3/t19-/m1/s1. The van der Waals surface area contributed by atoms with Crippen molar-refractivity contribution in [1.29, 1.82) is 0 Å². The third-order valence-electron chi connectivity index (χ3n) is 4.08. The second-order valence-electron chi connectivity index (χ2n) is 6.05. The number of methoxy groups -OCH3 is 3. The Hall–Kier alpha value is -2.20. The topological polar surface area (TPSA) is 39.7 Å². The van der Waals surface area contributed by atoms with Gasteiger partial charge in [0.05, 0.1) is 21.3 Å². The predicted octanol–water partition coefficient (Wildman–Crippen LogP) is 4.20. The van der Waals surface area contributed by atoms with Crippen LogP contribution in [-0.2, 0) is 6.54 Å². The molecule has 4 nitrogen and oxygen atoms in total. The Balaban J connectivity index is 2.21. The summed E-state index contributed by atoms with van der Waals surface area (Å²) in [5.74, 6) is 2.45. The molecule has 24 heavy (non-hydrogen) atoms. The highest BCUT2D eigenvalue weighted by Crippen LogP contribution is 2.38. The van der Waals surface area contributed by atoms with Gasteiger partial charge in [-0.15, -0.1) is 0 Å². The minimum Gasteiger partial charge on any atom is -0.493 e. The molecule has 0 aliphatic carbocycles. The van der Waals surface area contributed by atoms with Gasteiger partial charge in [-0.25, -0.2) is 0 Å². The molecule has 0 heterocycles. The lowest BCUT2D eigenvalue weighted by molar-refractivity contribution is 0.323. The summed E-state index contributed by atoms with van der Waals surface area (Å²) in [4.78, 5) is 0. The molecule has 0 aliphatic heterocycles. The molecule has 4 heteroatoms. The molecule has 0 spiro atoms. The smallest absolute Gasteiger partial charge is 0.203 e. The van der Waals surface area contributed by atoms with E-state index in [0.717, 1.165) is 5.56 Å². The van der Waals surface area contributed by atoms with Gasteiger partial charge in [0, 0.05) is 12.6 Å². The van der Waals surface area contributed by atoms with E-state index in [1.807, 2.05) is 18.2 Å². The van der Waals surface area contributed by atoms with Crippen LogP contribution in [0.1, 0.15) is 31.0 Å². The highest BCUT2D eigenvalue weighted by molar-refractivity contribution is 5.53. The van der Waals surface area contributed by atoms with Crippen LogP contribution in [0.15, 0.2) is 42.5 Å². The lowest BCUT2D eigenvalue weighted by atomic mass is 9.96. The monoisotopic (exact) mass is 329 g/mol. The third kappa shape index (κ3) is 4.20. The fourth-order valence-corrected chi connectivity index (χ4v) is 2.86. The van der Waals surface area contributed by atoms with Crippen LogP contribution < -0.4 is 19.5 Å². The van der Waals surface area contributed by atoms with Crippen molar-refractivity contribution in [1.82, 2.24) is 5.32 Å². The normalized spacial score (nSPS) is 12.1. The van der Waals surface area contributed by atoms with Crippen LogP contribution in [0.25, 0.3) is 0 Å². The van der Waals surface area contributed by atoms with Gasteiger partial charge in [0.25, 0.3) is 0 Å². The van der Waals surface area contributed by atoms with E-state index in [2.05, 4.69) is 43.4 Å². The molecule has 0 aliphatic rings. The van der Waals surface area contributed by atoms with E-state index in [-0.39, 0.29) is 6.04 Å². The van der Waals surface area contributed by atoms with E-state index >= 15 is 0 Å². The minimum absolute atomic E-state index is 0.283. The second kappa shape index (κ2) is 8.60.